The Labute approximate surface area is 505 Å². The first-order chi connectivity index (χ1) is 40.2. The zero-order chi connectivity index (χ0) is 61.8. The van der Waals surface area contributed by atoms with Gasteiger partial charge in [0.1, 0.15) is 37.3 Å². The summed E-state index contributed by atoms with van der Waals surface area (Å²) < 4.78 is 35.4. The number of nitrogens with two attached hydrogens (primary N) is 1. The molecule has 2 aromatic carbocycles. The highest BCUT2D eigenvalue weighted by atomic mass is 79.9. The van der Waals surface area contributed by atoms with Crippen LogP contribution in [0, 0.1) is 23.7 Å². The van der Waals surface area contributed by atoms with E-state index in [0.29, 0.717) is 88.1 Å². The second-order valence-electron chi connectivity index (χ2n) is 20.4. The summed E-state index contributed by atoms with van der Waals surface area (Å²) in [5.74, 6) is -1.76. The molecule has 3 saturated carbocycles. The molecule has 0 saturated heterocycles. The van der Waals surface area contributed by atoms with Crippen molar-refractivity contribution in [3.8, 4) is 0 Å². The van der Waals surface area contributed by atoms with E-state index in [2.05, 4.69) is 40.1 Å². The summed E-state index contributed by atoms with van der Waals surface area (Å²) in [6.07, 6.45) is 14.3. The zero-order valence-corrected chi connectivity index (χ0v) is 49.9. The third-order valence-electron chi connectivity index (χ3n) is 14.2. The lowest BCUT2D eigenvalue weighted by Gasteiger charge is -2.25. The van der Waals surface area contributed by atoms with Gasteiger partial charge in [-0.1, -0.05) is 84.0 Å². The SMILES string of the molecule is C.CC(=O)CCC(=O)O.COC(=O)CCC(=O)CBr.COC(=O)CCc1coc(C2CCC(C(=O)O)CC2)n1.COC(=O)CCc1coc(C2CCC(C(=O)OCc3ccccc3)CC2)n1.NC(=O)C1CCC(C(=O)OCc2ccccc2)CC1. The Hall–Kier alpha value is -7.56. The van der Waals surface area contributed by atoms with Gasteiger partial charge in [-0.25, -0.2) is 9.97 Å². The molecule has 0 bridgehead atoms. The van der Waals surface area contributed by atoms with Gasteiger partial charge in [0.05, 0.1) is 81.5 Å². The molecule has 7 rings (SSSR count). The number of aliphatic carboxylic acids is 2. The molecule has 4 N–H and O–H groups in total. The number of aryl methyl sites for hydroxylation is 2. The van der Waals surface area contributed by atoms with Crippen molar-refractivity contribution < 1.29 is 90.7 Å². The van der Waals surface area contributed by atoms with Gasteiger partial charge in [-0.15, -0.1) is 0 Å². The van der Waals surface area contributed by atoms with E-state index in [-0.39, 0.29) is 122 Å². The Bertz CT molecular complexity index is 2640. The second kappa shape index (κ2) is 41.5. The minimum Gasteiger partial charge on any atom is -0.481 e. The number of nitrogens with zero attached hydrogens (tertiary/aromatic N) is 2. The lowest BCUT2D eigenvalue weighted by atomic mass is 9.82. The van der Waals surface area contributed by atoms with Crippen molar-refractivity contribution >= 4 is 75.2 Å². The van der Waals surface area contributed by atoms with Gasteiger partial charge in [0, 0.05) is 43.4 Å². The molecular weight excluding hydrogens is 1170 g/mol. The van der Waals surface area contributed by atoms with Crippen LogP contribution in [0.5, 0.6) is 0 Å². The number of esters is 5. The summed E-state index contributed by atoms with van der Waals surface area (Å²) in [6, 6.07) is 19.3. The number of carboxylic acids is 2. The fourth-order valence-electron chi connectivity index (χ4n) is 9.08. The number of carbonyl (C=O) groups is 10. The Morgan fingerprint density at radius 3 is 1.25 bits per heavy atom. The number of halogens is 1. The maximum Gasteiger partial charge on any atom is 0.309 e. The van der Waals surface area contributed by atoms with Crippen molar-refractivity contribution in [1.29, 1.82) is 0 Å². The average molecular weight is 1260 g/mol. The molecule has 23 heteroatoms. The monoisotopic (exact) mass is 1250 g/mol. The van der Waals surface area contributed by atoms with E-state index in [4.69, 9.17) is 34.3 Å². The molecule has 4 aromatic rings. The van der Waals surface area contributed by atoms with E-state index in [1.165, 1.54) is 28.3 Å². The van der Waals surface area contributed by atoms with Gasteiger partial charge >= 0.3 is 41.8 Å². The van der Waals surface area contributed by atoms with Crippen LogP contribution in [0.3, 0.4) is 0 Å². The predicted molar refractivity (Wildman–Crippen MR) is 312 cm³/mol. The number of alkyl halides is 1. The number of amides is 1. The number of methoxy groups -OCH3 is 3. The third kappa shape index (κ3) is 30.2. The maximum atomic E-state index is 12.3. The van der Waals surface area contributed by atoms with Gasteiger partial charge in [-0.3, -0.25) is 43.2 Å². The topological polar surface area (TPSA) is 335 Å². The van der Waals surface area contributed by atoms with E-state index in [1.54, 1.807) is 12.5 Å². The minimum absolute atomic E-state index is 0. The van der Waals surface area contributed by atoms with E-state index < -0.39 is 11.9 Å². The van der Waals surface area contributed by atoms with Gasteiger partial charge in [0.2, 0.25) is 5.91 Å². The molecule has 0 radical (unpaired) electrons. The summed E-state index contributed by atoms with van der Waals surface area (Å²) in [7, 11) is 4.04. The predicted octanol–water partition coefficient (Wildman–Crippen LogP) is 9.94. The van der Waals surface area contributed by atoms with Crippen LogP contribution < -0.4 is 5.73 Å². The van der Waals surface area contributed by atoms with Gasteiger partial charge in [-0.2, -0.15) is 0 Å². The molecule has 0 unspecified atom stereocenters. The number of oxazole rings is 2. The molecule has 3 aliphatic rings. The van der Waals surface area contributed by atoms with Crippen LogP contribution in [0.1, 0.15) is 176 Å². The van der Waals surface area contributed by atoms with Crippen molar-refractivity contribution in [3.05, 3.63) is 107 Å². The molecule has 468 valence electrons. The fourth-order valence-corrected chi connectivity index (χ4v) is 9.36. The highest BCUT2D eigenvalue weighted by Crippen LogP contribution is 2.37. The maximum absolute atomic E-state index is 12.3. The number of aromatic nitrogens is 2. The molecule has 3 aliphatic carbocycles. The van der Waals surface area contributed by atoms with Crippen molar-refractivity contribution in [2.75, 3.05) is 26.7 Å². The number of carboxylic acid groups (broad SMARTS) is 2. The van der Waals surface area contributed by atoms with Crippen LogP contribution >= 0.6 is 15.9 Å². The first kappa shape index (κ1) is 73.5. The summed E-state index contributed by atoms with van der Waals surface area (Å²) in [4.78, 5) is 118. The van der Waals surface area contributed by atoms with Crippen LogP contribution in [-0.4, -0.2) is 106 Å². The third-order valence-corrected chi connectivity index (χ3v) is 14.8. The molecule has 1 amide bonds. The molecule has 85 heavy (non-hydrogen) atoms. The lowest BCUT2D eigenvalue weighted by Crippen LogP contribution is -2.30. The minimum atomic E-state index is -0.916. The zero-order valence-electron chi connectivity index (χ0n) is 48.3. The van der Waals surface area contributed by atoms with Gasteiger partial charge in [0.15, 0.2) is 11.8 Å². The summed E-state index contributed by atoms with van der Waals surface area (Å²) in [5.41, 5.74) is 8.76. The Kier molecular flexibility index (Phi) is 35.9. The molecule has 0 spiro atoms. The van der Waals surface area contributed by atoms with Crippen LogP contribution in [-0.2, 0) is 97.7 Å². The number of hydrogen-bond acceptors (Lipinski definition) is 19. The van der Waals surface area contributed by atoms with E-state index >= 15 is 0 Å². The number of Topliss-reactive ketones (excluding diaryl/α,β-unsaturated/α-hetero) is 2. The van der Waals surface area contributed by atoms with E-state index in [1.807, 2.05) is 60.7 Å². The Morgan fingerprint density at radius 2 is 0.906 bits per heavy atom. The van der Waals surface area contributed by atoms with Crippen molar-refractivity contribution in [2.45, 2.75) is 168 Å². The van der Waals surface area contributed by atoms with Crippen molar-refractivity contribution in [3.63, 3.8) is 0 Å². The van der Waals surface area contributed by atoms with Crippen LogP contribution in [0.15, 0.2) is 82.0 Å². The number of rotatable bonds is 23. The molecule has 0 atom stereocenters. The largest absolute Gasteiger partial charge is 0.481 e. The highest BCUT2D eigenvalue weighted by molar-refractivity contribution is 9.09. The number of hydrogen-bond donors (Lipinski definition) is 3. The molecule has 0 aliphatic heterocycles. The first-order valence-electron chi connectivity index (χ1n) is 28.1. The van der Waals surface area contributed by atoms with Crippen molar-refractivity contribution in [2.24, 2.45) is 29.4 Å². The van der Waals surface area contributed by atoms with Gasteiger partial charge in [0.25, 0.3) is 0 Å². The highest BCUT2D eigenvalue weighted by Gasteiger charge is 2.32. The van der Waals surface area contributed by atoms with Crippen molar-refractivity contribution in [1.82, 2.24) is 9.97 Å². The first-order valence-corrected chi connectivity index (χ1v) is 29.2. The number of primary amides is 1. The summed E-state index contributed by atoms with van der Waals surface area (Å²) in [5, 5.41) is 17.3. The van der Waals surface area contributed by atoms with Crippen LogP contribution in [0.2, 0.25) is 0 Å². The molecule has 3 fully saturated rings. The fraction of sp³-hybridized carbons (Fsp3) is 0.548. The molecule has 2 aromatic heterocycles. The number of ketones is 2. The van der Waals surface area contributed by atoms with E-state index in [0.717, 1.165) is 61.0 Å². The quantitative estimate of drug-likeness (QED) is 0.0353. The van der Waals surface area contributed by atoms with Gasteiger partial charge < -0.3 is 53.3 Å². The Morgan fingerprint density at radius 1 is 0.529 bits per heavy atom. The summed E-state index contributed by atoms with van der Waals surface area (Å²) >= 11 is 2.99. The number of ether oxygens (including phenoxy) is 5. The molecule has 22 nitrogen and oxygen atoms in total. The Balaban J connectivity index is 0.000000383. The summed E-state index contributed by atoms with van der Waals surface area (Å²) in [6.45, 7) is 2.02. The number of carbonyl (C=O) groups excluding carboxylic acids is 8. The lowest BCUT2D eigenvalue weighted by molar-refractivity contribution is -0.152. The standard InChI is InChI=1S/C21H25NO5.C15H19NO3.C14H19NO5.C6H9BrO3.C5H8O3.CH4/c1-25-19(23)12-11-18-14-26-20(22-18)16-7-9-17(10-8-16)21(24)27-13-15-5-3-2-4-6-15;16-14(17)12-6-8-13(9-7-12)15(18)19-10-11-4-2-1-3-5-11;1-19-12(16)7-6-11-8-20-13(15-11)9-2-4-10(5-3-9)14(17)18;1-10-6(9)3-2-5(8)4-7;1-4(6)2-3-5(7)8;/h2-6,14,16-17H,7-13H2,1H3;1-5,12-13H,6-10H2,(H2,16,17);8-10H,2-7H2,1H3,(H,17,18);2-4H2,1H3;2-3H2,1H3,(H,7,8);1H4. The molecular formula is C62H84BrN3O19. The van der Waals surface area contributed by atoms with Crippen LogP contribution in [0.4, 0.5) is 0 Å². The normalized spacial score (nSPS) is 18.4. The van der Waals surface area contributed by atoms with Gasteiger partial charge in [-0.05, 0) is 95.1 Å². The van der Waals surface area contributed by atoms with E-state index in [9.17, 15) is 47.9 Å². The smallest absolute Gasteiger partial charge is 0.309 e. The average Bonchev–Trinajstić information content (AvgIpc) is 4.46. The second-order valence-corrected chi connectivity index (χ2v) is 21.0. The van der Waals surface area contributed by atoms with Crippen LogP contribution in [0.25, 0.3) is 0 Å². The molecule has 2 heterocycles. The number of benzene rings is 2.